The lowest BCUT2D eigenvalue weighted by atomic mass is 10.00. The summed E-state index contributed by atoms with van der Waals surface area (Å²) in [6.45, 7) is 6.73. The van der Waals surface area contributed by atoms with Crippen molar-refractivity contribution in [1.29, 1.82) is 0 Å². The van der Waals surface area contributed by atoms with Crippen LogP contribution in [0.1, 0.15) is 36.2 Å². The standard InChI is InChI=1S/C14H22N2O/c1-10(2)13(8-9-15)16-14(17)12-7-5-4-6-11(12)3/h4-7,10,13H,8-9,15H2,1-3H3,(H,16,17). The van der Waals surface area contributed by atoms with Gasteiger partial charge >= 0.3 is 0 Å². The van der Waals surface area contributed by atoms with Crippen LogP contribution in [0.15, 0.2) is 24.3 Å². The molecule has 0 heterocycles. The Morgan fingerprint density at radius 3 is 2.53 bits per heavy atom. The quantitative estimate of drug-likeness (QED) is 0.819. The third-order valence-corrected chi connectivity index (χ3v) is 2.99. The van der Waals surface area contributed by atoms with Crippen molar-refractivity contribution >= 4 is 5.91 Å². The van der Waals surface area contributed by atoms with Gasteiger partial charge in [0, 0.05) is 11.6 Å². The van der Waals surface area contributed by atoms with Crippen LogP contribution in [-0.2, 0) is 0 Å². The van der Waals surface area contributed by atoms with Gasteiger partial charge in [0.25, 0.3) is 5.91 Å². The van der Waals surface area contributed by atoms with Gasteiger partial charge in [-0.15, -0.1) is 0 Å². The molecule has 0 aromatic heterocycles. The van der Waals surface area contributed by atoms with Crippen molar-refractivity contribution in [3.63, 3.8) is 0 Å². The van der Waals surface area contributed by atoms with E-state index in [2.05, 4.69) is 19.2 Å². The van der Waals surface area contributed by atoms with Gasteiger partial charge in [0.05, 0.1) is 0 Å². The van der Waals surface area contributed by atoms with Crippen molar-refractivity contribution < 1.29 is 4.79 Å². The van der Waals surface area contributed by atoms with Crippen molar-refractivity contribution in [2.45, 2.75) is 33.2 Å². The molecule has 0 aliphatic carbocycles. The minimum absolute atomic E-state index is 0.00440. The number of hydrogen-bond donors (Lipinski definition) is 2. The maximum atomic E-state index is 12.1. The lowest BCUT2D eigenvalue weighted by Gasteiger charge is -2.22. The molecule has 1 atom stereocenters. The van der Waals surface area contributed by atoms with Gasteiger partial charge in [0.1, 0.15) is 0 Å². The summed E-state index contributed by atoms with van der Waals surface area (Å²) in [6.07, 6.45) is 0.815. The van der Waals surface area contributed by atoms with Crippen molar-refractivity contribution in [3.05, 3.63) is 35.4 Å². The van der Waals surface area contributed by atoms with Gasteiger partial charge in [0.2, 0.25) is 0 Å². The number of carbonyl (C=O) groups is 1. The second-order valence-electron chi connectivity index (χ2n) is 4.72. The van der Waals surface area contributed by atoms with Crippen LogP contribution in [0.3, 0.4) is 0 Å². The number of nitrogens with one attached hydrogen (secondary N) is 1. The second-order valence-corrected chi connectivity index (χ2v) is 4.72. The van der Waals surface area contributed by atoms with Gasteiger partial charge in [-0.1, -0.05) is 32.0 Å². The molecule has 1 aromatic rings. The Labute approximate surface area is 103 Å². The molecule has 0 aliphatic heterocycles. The summed E-state index contributed by atoms with van der Waals surface area (Å²) in [7, 11) is 0. The summed E-state index contributed by atoms with van der Waals surface area (Å²) < 4.78 is 0. The molecule has 1 amide bonds. The number of aryl methyl sites for hydroxylation is 1. The molecule has 3 nitrogen and oxygen atoms in total. The van der Waals surface area contributed by atoms with Crippen LogP contribution in [0, 0.1) is 12.8 Å². The van der Waals surface area contributed by atoms with Crippen LogP contribution in [0.5, 0.6) is 0 Å². The molecule has 1 rings (SSSR count). The summed E-state index contributed by atoms with van der Waals surface area (Å²) in [5.41, 5.74) is 7.31. The summed E-state index contributed by atoms with van der Waals surface area (Å²) in [4.78, 5) is 12.1. The molecule has 0 spiro atoms. The van der Waals surface area contributed by atoms with Crippen molar-refractivity contribution in [2.75, 3.05) is 6.54 Å². The third kappa shape index (κ3) is 3.86. The Morgan fingerprint density at radius 2 is 2.00 bits per heavy atom. The highest BCUT2D eigenvalue weighted by atomic mass is 16.1. The first kappa shape index (κ1) is 13.7. The van der Waals surface area contributed by atoms with E-state index in [1.54, 1.807) is 0 Å². The Hall–Kier alpha value is -1.35. The number of benzene rings is 1. The van der Waals surface area contributed by atoms with Crippen LogP contribution in [-0.4, -0.2) is 18.5 Å². The molecule has 0 bridgehead atoms. The number of hydrogen-bond acceptors (Lipinski definition) is 2. The van der Waals surface area contributed by atoms with E-state index in [-0.39, 0.29) is 11.9 Å². The first-order valence-electron chi connectivity index (χ1n) is 6.12. The third-order valence-electron chi connectivity index (χ3n) is 2.99. The van der Waals surface area contributed by atoms with E-state index in [0.29, 0.717) is 12.5 Å². The van der Waals surface area contributed by atoms with E-state index in [4.69, 9.17) is 5.73 Å². The van der Waals surface area contributed by atoms with Crippen molar-refractivity contribution in [1.82, 2.24) is 5.32 Å². The van der Waals surface area contributed by atoms with E-state index in [0.717, 1.165) is 17.5 Å². The molecular formula is C14H22N2O. The van der Waals surface area contributed by atoms with E-state index >= 15 is 0 Å². The molecule has 3 heteroatoms. The maximum Gasteiger partial charge on any atom is 0.251 e. The zero-order valence-corrected chi connectivity index (χ0v) is 10.9. The molecular weight excluding hydrogens is 212 g/mol. The number of carbonyl (C=O) groups excluding carboxylic acids is 1. The van der Waals surface area contributed by atoms with Gasteiger partial charge in [-0.05, 0) is 37.4 Å². The average Bonchev–Trinajstić information content (AvgIpc) is 2.28. The molecule has 0 saturated heterocycles. The van der Waals surface area contributed by atoms with Gasteiger partial charge in [-0.3, -0.25) is 4.79 Å². The topological polar surface area (TPSA) is 55.1 Å². The minimum atomic E-state index is -0.00440. The molecule has 3 N–H and O–H groups in total. The molecule has 0 aliphatic rings. The molecule has 94 valence electrons. The van der Waals surface area contributed by atoms with Gasteiger partial charge in [-0.25, -0.2) is 0 Å². The maximum absolute atomic E-state index is 12.1. The zero-order chi connectivity index (χ0) is 12.8. The highest BCUT2D eigenvalue weighted by molar-refractivity contribution is 5.95. The van der Waals surface area contributed by atoms with Crippen LogP contribution in [0.25, 0.3) is 0 Å². The fourth-order valence-electron chi connectivity index (χ4n) is 1.83. The molecule has 1 unspecified atom stereocenters. The molecule has 0 radical (unpaired) electrons. The number of amides is 1. The molecule has 17 heavy (non-hydrogen) atoms. The summed E-state index contributed by atoms with van der Waals surface area (Å²) in [5.74, 6) is 0.391. The fraction of sp³-hybridized carbons (Fsp3) is 0.500. The predicted octanol–water partition coefficient (Wildman–Crippen LogP) is 2.10. The predicted molar refractivity (Wildman–Crippen MR) is 70.9 cm³/mol. The number of nitrogens with two attached hydrogens (primary N) is 1. The highest BCUT2D eigenvalue weighted by Crippen LogP contribution is 2.10. The Morgan fingerprint density at radius 1 is 1.35 bits per heavy atom. The molecule has 0 saturated carbocycles. The lowest BCUT2D eigenvalue weighted by molar-refractivity contribution is 0.0923. The molecule has 1 aromatic carbocycles. The second kappa shape index (κ2) is 6.40. The first-order valence-corrected chi connectivity index (χ1v) is 6.12. The summed E-state index contributed by atoms with van der Waals surface area (Å²) >= 11 is 0. The van der Waals surface area contributed by atoms with Gasteiger partial charge in [-0.2, -0.15) is 0 Å². The largest absolute Gasteiger partial charge is 0.349 e. The van der Waals surface area contributed by atoms with Crippen LogP contribution >= 0.6 is 0 Å². The number of rotatable bonds is 5. The summed E-state index contributed by atoms with van der Waals surface area (Å²) in [6, 6.07) is 7.76. The van der Waals surface area contributed by atoms with Gasteiger partial charge in [0.15, 0.2) is 0 Å². The highest BCUT2D eigenvalue weighted by Gasteiger charge is 2.17. The van der Waals surface area contributed by atoms with Crippen LogP contribution in [0.2, 0.25) is 0 Å². The Kier molecular flexibility index (Phi) is 5.16. The Balaban J connectivity index is 2.74. The average molecular weight is 234 g/mol. The van der Waals surface area contributed by atoms with E-state index < -0.39 is 0 Å². The first-order chi connectivity index (χ1) is 8.06. The van der Waals surface area contributed by atoms with Gasteiger partial charge < -0.3 is 11.1 Å². The van der Waals surface area contributed by atoms with E-state index in [1.165, 1.54) is 0 Å². The molecule has 0 fully saturated rings. The smallest absolute Gasteiger partial charge is 0.251 e. The van der Waals surface area contributed by atoms with Crippen LogP contribution in [0.4, 0.5) is 0 Å². The Bertz CT molecular complexity index is 374. The van der Waals surface area contributed by atoms with E-state index in [9.17, 15) is 4.79 Å². The fourth-order valence-corrected chi connectivity index (χ4v) is 1.83. The van der Waals surface area contributed by atoms with Crippen molar-refractivity contribution in [3.8, 4) is 0 Å². The van der Waals surface area contributed by atoms with Crippen LogP contribution < -0.4 is 11.1 Å². The van der Waals surface area contributed by atoms with E-state index in [1.807, 2.05) is 31.2 Å². The van der Waals surface area contributed by atoms with Crippen molar-refractivity contribution in [2.24, 2.45) is 11.7 Å². The SMILES string of the molecule is Cc1ccccc1C(=O)NC(CCN)C(C)C. The monoisotopic (exact) mass is 234 g/mol. The zero-order valence-electron chi connectivity index (χ0n) is 10.9. The lowest BCUT2D eigenvalue weighted by Crippen LogP contribution is -2.40. The summed E-state index contributed by atoms with van der Waals surface area (Å²) in [5, 5.41) is 3.06. The normalized spacial score (nSPS) is 12.5. The minimum Gasteiger partial charge on any atom is -0.349 e.